The molecule has 0 bridgehead atoms. The summed E-state index contributed by atoms with van der Waals surface area (Å²) in [4.78, 5) is 31.8. The van der Waals surface area contributed by atoms with Gasteiger partial charge in [0.15, 0.2) is 0 Å². The Hall–Kier alpha value is -1.54. The fourth-order valence-electron chi connectivity index (χ4n) is 3.26. The lowest BCUT2D eigenvalue weighted by molar-refractivity contribution is 0.0725. The minimum absolute atomic E-state index is 0.193. The molecule has 0 aliphatic carbocycles. The SMILES string of the molecule is CCOC(=O)N1CCN(CCCN2CCN(C(=O)OCC)CC2)CC1. The number of amides is 2. The van der Waals surface area contributed by atoms with Gasteiger partial charge in [0.05, 0.1) is 13.2 Å². The van der Waals surface area contributed by atoms with E-state index in [9.17, 15) is 9.59 Å². The fraction of sp³-hybridized carbons (Fsp3) is 0.882. The number of nitrogens with zero attached hydrogens (tertiary/aromatic N) is 4. The number of ether oxygens (including phenoxy) is 2. The largest absolute Gasteiger partial charge is 0.450 e. The molecule has 0 unspecified atom stereocenters. The van der Waals surface area contributed by atoms with E-state index in [4.69, 9.17) is 9.47 Å². The molecule has 0 N–H and O–H groups in total. The van der Waals surface area contributed by atoms with Crippen molar-refractivity contribution in [2.45, 2.75) is 20.3 Å². The molecular weight excluding hydrogens is 324 g/mol. The van der Waals surface area contributed by atoms with Gasteiger partial charge in [-0.05, 0) is 33.4 Å². The van der Waals surface area contributed by atoms with Crippen molar-refractivity contribution in [1.29, 1.82) is 0 Å². The maximum absolute atomic E-state index is 11.7. The molecule has 25 heavy (non-hydrogen) atoms. The third-order valence-electron chi connectivity index (χ3n) is 4.75. The smallest absolute Gasteiger partial charge is 0.409 e. The molecule has 2 heterocycles. The van der Waals surface area contributed by atoms with Gasteiger partial charge in [-0.1, -0.05) is 0 Å². The molecule has 0 radical (unpaired) electrons. The molecule has 2 rings (SSSR count). The van der Waals surface area contributed by atoms with Crippen molar-refractivity contribution in [2.24, 2.45) is 0 Å². The average Bonchev–Trinajstić information content (AvgIpc) is 2.63. The van der Waals surface area contributed by atoms with E-state index in [1.165, 1.54) is 0 Å². The van der Waals surface area contributed by atoms with Crippen LogP contribution in [0.3, 0.4) is 0 Å². The third kappa shape index (κ3) is 6.36. The maximum atomic E-state index is 11.7. The summed E-state index contributed by atoms with van der Waals surface area (Å²) in [6, 6.07) is 0. The second kappa shape index (κ2) is 10.5. The molecule has 0 saturated carbocycles. The molecule has 0 spiro atoms. The molecular formula is C17H32N4O4. The van der Waals surface area contributed by atoms with Gasteiger partial charge < -0.3 is 19.3 Å². The van der Waals surface area contributed by atoms with Gasteiger partial charge in [-0.25, -0.2) is 9.59 Å². The quantitative estimate of drug-likeness (QED) is 0.705. The van der Waals surface area contributed by atoms with E-state index in [1.807, 2.05) is 13.8 Å². The number of rotatable bonds is 6. The zero-order valence-electron chi connectivity index (χ0n) is 15.6. The molecule has 0 aromatic heterocycles. The highest BCUT2D eigenvalue weighted by atomic mass is 16.6. The fourth-order valence-corrected chi connectivity index (χ4v) is 3.26. The Bertz CT molecular complexity index is 381. The molecule has 8 nitrogen and oxygen atoms in total. The number of hydrogen-bond donors (Lipinski definition) is 0. The van der Waals surface area contributed by atoms with Crippen molar-refractivity contribution in [3.63, 3.8) is 0 Å². The summed E-state index contributed by atoms with van der Waals surface area (Å²) in [6.07, 6.45) is 0.724. The van der Waals surface area contributed by atoms with Crippen molar-refractivity contribution in [3.05, 3.63) is 0 Å². The summed E-state index contributed by atoms with van der Waals surface area (Å²) >= 11 is 0. The zero-order valence-corrected chi connectivity index (χ0v) is 15.6. The Morgan fingerprint density at radius 3 is 1.36 bits per heavy atom. The van der Waals surface area contributed by atoms with Gasteiger partial charge >= 0.3 is 12.2 Å². The van der Waals surface area contributed by atoms with Crippen LogP contribution < -0.4 is 0 Å². The van der Waals surface area contributed by atoms with Gasteiger partial charge in [-0.15, -0.1) is 0 Å². The van der Waals surface area contributed by atoms with Crippen LogP contribution in [0.4, 0.5) is 9.59 Å². The lowest BCUT2D eigenvalue weighted by Gasteiger charge is -2.36. The van der Waals surface area contributed by atoms with Crippen LogP contribution in [0.25, 0.3) is 0 Å². The van der Waals surface area contributed by atoms with Gasteiger partial charge in [-0.2, -0.15) is 0 Å². The van der Waals surface area contributed by atoms with E-state index >= 15 is 0 Å². The number of carbonyl (C=O) groups is 2. The second-order valence-electron chi connectivity index (χ2n) is 6.41. The molecule has 2 amide bonds. The van der Waals surface area contributed by atoms with Crippen LogP contribution in [0.2, 0.25) is 0 Å². The summed E-state index contributed by atoms with van der Waals surface area (Å²) in [5.74, 6) is 0. The standard InChI is InChI=1S/C17H32N4O4/c1-3-24-16(22)20-12-8-18(9-13-20)6-5-7-19-10-14-21(15-11-19)17(23)25-4-2/h3-15H2,1-2H3. The van der Waals surface area contributed by atoms with Crippen molar-refractivity contribution < 1.29 is 19.1 Å². The summed E-state index contributed by atoms with van der Waals surface area (Å²) < 4.78 is 10.1. The van der Waals surface area contributed by atoms with Crippen LogP contribution in [-0.4, -0.2) is 110 Å². The van der Waals surface area contributed by atoms with Crippen molar-refractivity contribution in [1.82, 2.24) is 19.6 Å². The van der Waals surface area contributed by atoms with E-state index < -0.39 is 0 Å². The Balaban J connectivity index is 1.55. The third-order valence-corrected chi connectivity index (χ3v) is 4.75. The molecule has 0 aromatic carbocycles. The first-order valence-corrected chi connectivity index (χ1v) is 9.42. The molecule has 2 aliphatic rings. The highest BCUT2D eigenvalue weighted by Gasteiger charge is 2.23. The van der Waals surface area contributed by atoms with Gasteiger partial charge in [0.2, 0.25) is 0 Å². The van der Waals surface area contributed by atoms with Crippen molar-refractivity contribution in [3.8, 4) is 0 Å². The molecule has 0 atom stereocenters. The first kappa shape index (κ1) is 19.8. The minimum atomic E-state index is -0.193. The molecule has 0 aromatic rings. The van der Waals surface area contributed by atoms with Gasteiger partial charge in [0.25, 0.3) is 0 Å². The summed E-state index contributed by atoms with van der Waals surface area (Å²) in [5, 5.41) is 0. The van der Waals surface area contributed by atoms with Crippen LogP contribution in [0.15, 0.2) is 0 Å². The Labute approximate surface area is 150 Å². The normalized spacial score (nSPS) is 19.8. The predicted octanol–water partition coefficient (Wildman–Crippen LogP) is 0.925. The number of piperazine rings is 2. The Morgan fingerprint density at radius 1 is 0.680 bits per heavy atom. The lowest BCUT2D eigenvalue weighted by Crippen LogP contribution is -2.50. The van der Waals surface area contributed by atoms with Crippen LogP contribution in [0.5, 0.6) is 0 Å². The number of hydrogen-bond acceptors (Lipinski definition) is 6. The van der Waals surface area contributed by atoms with E-state index in [2.05, 4.69) is 9.80 Å². The summed E-state index contributed by atoms with van der Waals surface area (Å²) in [7, 11) is 0. The minimum Gasteiger partial charge on any atom is -0.450 e. The highest BCUT2D eigenvalue weighted by Crippen LogP contribution is 2.07. The average molecular weight is 356 g/mol. The monoisotopic (exact) mass is 356 g/mol. The van der Waals surface area contributed by atoms with Crippen LogP contribution in [0, 0.1) is 0 Å². The van der Waals surface area contributed by atoms with E-state index in [-0.39, 0.29) is 12.2 Å². The first-order chi connectivity index (χ1) is 12.1. The molecule has 2 fully saturated rings. The first-order valence-electron chi connectivity index (χ1n) is 9.42. The Kier molecular flexibility index (Phi) is 8.27. The van der Waals surface area contributed by atoms with Gasteiger partial charge in [0.1, 0.15) is 0 Å². The second-order valence-corrected chi connectivity index (χ2v) is 6.41. The molecule has 2 aliphatic heterocycles. The number of carbonyl (C=O) groups excluding carboxylic acids is 2. The van der Waals surface area contributed by atoms with E-state index in [1.54, 1.807) is 9.80 Å². The van der Waals surface area contributed by atoms with Crippen LogP contribution >= 0.6 is 0 Å². The van der Waals surface area contributed by atoms with E-state index in [0.29, 0.717) is 13.2 Å². The van der Waals surface area contributed by atoms with E-state index in [0.717, 1.165) is 71.9 Å². The van der Waals surface area contributed by atoms with Crippen LogP contribution in [-0.2, 0) is 9.47 Å². The van der Waals surface area contributed by atoms with Gasteiger partial charge in [-0.3, -0.25) is 9.80 Å². The highest BCUT2D eigenvalue weighted by molar-refractivity contribution is 5.68. The van der Waals surface area contributed by atoms with Crippen molar-refractivity contribution in [2.75, 3.05) is 78.7 Å². The summed E-state index contributed by atoms with van der Waals surface area (Å²) in [6.45, 7) is 13.3. The topological polar surface area (TPSA) is 65.6 Å². The predicted molar refractivity (Wildman–Crippen MR) is 94.7 cm³/mol. The molecule has 2 saturated heterocycles. The molecule has 8 heteroatoms. The van der Waals surface area contributed by atoms with Crippen LogP contribution in [0.1, 0.15) is 20.3 Å². The summed E-state index contributed by atoms with van der Waals surface area (Å²) in [5.41, 5.74) is 0. The molecule has 144 valence electrons. The lowest BCUT2D eigenvalue weighted by atomic mass is 10.2. The van der Waals surface area contributed by atoms with Gasteiger partial charge in [0, 0.05) is 52.4 Å². The Morgan fingerprint density at radius 2 is 1.04 bits per heavy atom. The van der Waals surface area contributed by atoms with Crippen molar-refractivity contribution >= 4 is 12.2 Å². The maximum Gasteiger partial charge on any atom is 0.409 e. The zero-order chi connectivity index (χ0) is 18.1.